The van der Waals surface area contributed by atoms with Crippen LogP contribution in [0.25, 0.3) is 0 Å². The van der Waals surface area contributed by atoms with Crippen molar-refractivity contribution in [1.29, 1.82) is 0 Å². The molecule has 1 N–H and O–H groups in total. The number of likely N-dealkylation sites (tertiary alicyclic amines) is 1. The molecule has 4 nitrogen and oxygen atoms in total. The van der Waals surface area contributed by atoms with Crippen LogP contribution in [0.4, 0.5) is 10.1 Å². The van der Waals surface area contributed by atoms with Gasteiger partial charge in [-0.3, -0.25) is 4.79 Å². The van der Waals surface area contributed by atoms with E-state index in [-0.39, 0.29) is 17.8 Å². The molecule has 1 heterocycles. The van der Waals surface area contributed by atoms with Crippen LogP contribution in [0.3, 0.4) is 0 Å². The Bertz CT molecular complexity index is 781. The Balaban J connectivity index is 1.69. The largest absolute Gasteiger partial charge is 0.497 e. The fourth-order valence-corrected chi connectivity index (χ4v) is 3.39. The van der Waals surface area contributed by atoms with Gasteiger partial charge in [0.1, 0.15) is 11.6 Å². The number of ether oxygens (including phenoxy) is 1. The van der Waals surface area contributed by atoms with Crippen LogP contribution in [0.2, 0.25) is 0 Å². The second kappa shape index (κ2) is 9.93. The lowest BCUT2D eigenvalue weighted by molar-refractivity contribution is -0.126. The molecule has 2 aromatic carbocycles. The lowest BCUT2D eigenvalue weighted by Gasteiger charge is -2.25. The minimum absolute atomic E-state index is 0.0700. The molecular weight excluding hydrogens is 355 g/mol. The first-order valence-electron chi connectivity index (χ1n) is 9.77. The monoisotopic (exact) mass is 382 g/mol. The molecular formula is C23H27FN2O2. The summed E-state index contributed by atoms with van der Waals surface area (Å²) in [4.78, 5) is 14.3. The van der Waals surface area contributed by atoms with Gasteiger partial charge in [-0.2, -0.15) is 0 Å². The molecule has 1 fully saturated rings. The molecule has 0 saturated carbocycles. The summed E-state index contributed by atoms with van der Waals surface area (Å²) in [6.07, 6.45) is 7.55. The van der Waals surface area contributed by atoms with E-state index in [0.717, 1.165) is 42.9 Å². The average molecular weight is 382 g/mol. The van der Waals surface area contributed by atoms with Crippen molar-refractivity contribution in [3.05, 3.63) is 72.1 Å². The lowest BCUT2D eigenvalue weighted by Crippen LogP contribution is -2.34. The van der Waals surface area contributed by atoms with E-state index in [0.29, 0.717) is 6.42 Å². The van der Waals surface area contributed by atoms with E-state index in [1.54, 1.807) is 25.3 Å². The van der Waals surface area contributed by atoms with E-state index in [4.69, 9.17) is 4.74 Å². The van der Waals surface area contributed by atoms with Crippen molar-refractivity contribution in [3.8, 4) is 5.75 Å². The highest BCUT2D eigenvalue weighted by molar-refractivity contribution is 5.87. The van der Waals surface area contributed by atoms with E-state index in [1.807, 2.05) is 35.2 Å². The number of carbonyl (C=O) groups excluding carboxylic acids is 1. The number of anilines is 1. The highest BCUT2D eigenvalue weighted by Crippen LogP contribution is 2.25. The number of hydrogen-bond donors (Lipinski definition) is 1. The molecule has 28 heavy (non-hydrogen) atoms. The molecule has 1 atom stereocenters. The topological polar surface area (TPSA) is 41.6 Å². The minimum atomic E-state index is -0.261. The van der Waals surface area contributed by atoms with Gasteiger partial charge in [-0.15, -0.1) is 0 Å². The van der Waals surface area contributed by atoms with E-state index in [2.05, 4.69) is 5.32 Å². The van der Waals surface area contributed by atoms with Gasteiger partial charge in [-0.1, -0.05) is 18.2 Å². The lowest BCUT2D eigenvalue weighted by atomic mass is 10.0. The highest BCUT2D eigenvalue weighted by Gasteiger charge is 2.15. The fourth-order valence-electron chi connectivity index (χ4n) is 3.39. The van der Waals surface area contributed by atoms with Gasteiger partial charge < -0.3 is 15.0 Å². The summed E-state index contributed by atoms with van der Waals surface area (Å²) in [5.41, 5.74) is 1.90. The molecule has 1 saturated heterocycles. The van der Waals surface area contributed by atoms with E-state index >= 15 is 0 Å². The Labute approximate surface area is 166 Å². The summed E-state index contributed by atoms with van der Waals surface area (Å²) in [7, 11) is 1.63. The van der Waals surface area contributed by atoms with Gasteiger partial charge in [0.25, 0.3) is 0 Å². The summed E-state index contributed by atoms with van der Waals surface area (Å²) >= 11 is 0. The normalized spacial score (nSPS) is 15.4. The Morgan fingerprint density at radius 1 is 1.11 bits per heavy atom. The molecule has 148 valence electrons. The second-order valence-corrected chi connectivity index (χ2v) is 7.00. The number of carbonyl (C=O) groups is 1. The molecule has 1 amide bonds. The highest BCUT2D eigenvalue weighted by atomic mass is 19.1. The number of nitrogens with zero attached hydrogens (tertiary/aromatic N) is 1. The van der Waals surface area contributed by atoms with E-state index < -0.39 is 0 Å². The molecule has 1 aliphatic rings. The van der Waals surface area contributed by atoms with Crippen molar-refractivity contribution in [2.45, 2.75) is 31.7 Å². The molecule has 0 aromatic heterocycles. The van der Waals surface area contributed by atoms with Gasteiger partial charge in [0.15, 0.2) is 0 Å². The third-order valence-electron chi connectivity index (χ3n) is 5.00. The third-order valence-corrected chi connectivity index (χ3v) is 5.00. The Kier molecular flexibility index (Phi) is 7.06. The standard InChI is InChI=1S/C23H27FN2O2/c1-28-21-14-12-20(13-15-21)25-22(18-8-10-19(24)11-9-18)6-5-7-23(27)26-16-3-2-4-17-26/h5,7-15,22,25H,2-4,6,16-17H2,1H3/b7-5+/t22-/m1/s1. The molecule has 3 rings (SSSR count). The van der Waals surface area contributed by atoms with E-state index in [9.17, 15) is 9.18 Å². The number of benzene rings is 2. The molecule has 0 unspecified atom stereocenters. The van der Waals surface area contributed by atoms with Gasteiger partial charge in [-0.05, 0) is 73.7 Å². The van der Waals surface area contributed by atoms with Gasteiger partial charge >= 0.3 is 0 Å². The predicted octanol–water partition coefficient (Wildman–Crippen LogP) is 4.95. The summed E-state index contributed by atoms with van der Waals surface area (Å²) < 4.78 is 18.5. The van der Waals surface area contributed by atoms with Crippen molar-refractivity contribution < 1.29 is 13.9 Å². The van der Waals surface area contributed by atoms with Gasteiger partial charge in [0.05, 0.1) is 13.2 Å². The van der Waals surface area contributed by atoms with Crippen LogP contribution in [0.5, 0.6) is 5.75 Å². The number of rotatable bonds is 7. The Morgan fingerprint density at radius 3 is 2.43 bits per heavy atom. The van der Waals surface area contributed by atoms with Gasteiger partial charge in [0.2, 0.25) is 5.91 Å². The molecule has 0 bridgehead atoms. The number of piperidine rings is 1. The Hall–Kier alpha value is -2.82. The van der Waals surface area contributed by atoms with Crippen LogP contribution < -0.4 is 10.1 Å². The molecule has 5 heteroatoms. The van der Waals surface area contributed by atoms with Crippen molar-refractivity contribution in [2.75, 3.05) is 25.5 Å². The first kappa shape index (κ1) is 19.9. The molecule has 0 spiro atoms. The van der Waals surface area contributed by atoms with Gasteiger partial charge in [-0.25, -0.2) is 4.39 Å². The average Bonchev–Trinajstić information content (AvgIpc) is 2.74. The summed E-state index contributed by atoms with van der Waals surface area (Å²) in [6.45, 7) is 1.68. The van der Waals surface area contributed by atoms with Crippen LogP contribution in [0.15, 0.2) is 60.7 Å². The van der Waals surface area contributed by atoms with Gasteiger partial charge in [0, 0.05) is 18.8 Å². The van der Waals surface area contributed by atoms with Crippen LogP contribution >= 0.6 is 0 Å². The number of hydrogen-bond acceptors (Lipinski definition) is 3. The maximum atomic E-state index is 13.3. The first-order chi connectivity index (χ1) is 13.7. The van der Waals surface area contributed by atoms with Crippen molar-refractivity contribution >= 4 is 11.6 Å². The third kappa shape index (κ3) is 5.59. The predicted molar refractivity (Wildman–Crippen MR) is 110 cm³/mol. The number of methoxy groups -OCH3 is 1. The zero-order chi connectivity index (χ0) is 19.8. The molecule has 0 aliphatic carbocycles. The fraction of sp³-hybridized carbons (Fsp3) is 0.348. The summed E-state index contributed by atoms with van der Waals surface area (Å²) in [6, 6.07) is 14.1. The maximum absolute atomic E-state index is 13.3. The van der Waals surface area contributed by atoms with E-state index in [1.165, 1.54) is 18.6 Å². The minimum Gasteiger partial charge on any atom is -0.497 e. The molecule has 1 aliphatic heterocycles. The van der Waals surface area contributed by atoms with Crippen LogP contribution in [0.1, 0.15) is 37.3 Å². The van der Waals surface area contributed by atoms with Crippen molar-refractivity contribution in [1.82, 2.24) is 4.90 Å². The van der Waals surface area contributed by atoms with Crippen LogP contribution in [-0.2, 0) is 4.79 Å². The smallest absolute Gasteiger partial charge is 0.246 e. The zero-order valence-electron chi connectivity index (χ0n) is 16.2. The van der Waals surface area contributed by atoms with Crippen molar-refractivity contribution in [2.24, 2.45) is 0 Å². The second-order valence-electron chi connectivity index (χ2n) is 7.00. The van der Waals surface area contributed by atoms with Crippen LogP contribution in [-0.4, -0.2) is 31.0 Å². The molecule has 2 aromatic rings. The summed E-state index contributed by atoms with van der Waals surface area (Å²) in [5.74, 6) is 0.598. The number of nitrogens with one attached hydrogen (secondary N) is 1. The molecule has 0 radical (unpaired) electrons. The number of amides is 1. The maximum Gasteiger partial charge on any atom is 0.246 e. The Morgan fingerprint density at radius 2 is 1.79 bits per heavy atom. The quantitative estimate of drug-likeness (QED) is 0.689. The zero-order valence-corrected chi connectivity index (χ0v) is 16.2. The first-order valence-corrected chi connectivity index (χ1v) is 9.77. The van der Waals surface area contributed by atoms with Crippen LogP contribution in [0, 0.1) is 5.82 Å². The van der Waals surface area contributed by atoms with Crippen molar-refractivity contribution in [3.63, 3.8) is 0 Å². The summed E-state index contributed by atoms with van der Waals surface area (Å²) in [5, 5.41) is 3.47. The SMILES string of the molecule is COc1ccc(N[C@H](C/C=C/C(=O)N2CCCCC2)c2ccc(F)cc2)cc1. The number of halogens is 1.